The predicted octanol–water partition coefficient (Wildman–Crippen LogP) is 12.6. The summed E-state index contributed by atoms with van der Waals surface area (Å²) in [5, 5.41) is 13.7. The van der Waals surface area contributed by atoms with Gasteiger partial charge in [-0.15, -0.1) is 0 Å². The minimum Gasteiger partial charge on any atom is -0.436 e. The fourth-order valence-electron chi connectivity index (χ4n) is 6.91. The van der Waals surface area contributed by atoms with Crippen LogP contribution in [0.5, 0.6) is 0 Å². The third-order valence-corrected chi connectivity index (χ3v) is 9.62. The highest BCUT2D eigenvalue weighted by Crippen LogP contribution is 2.38. The Hall–Kier alpha value is -7.49. The Bertz CT molecular complexity index is 2900. The fraction of sp³-hybridized carbons (Fsp3) is 0. The summed E-state index contributed by atoms with van der Waals surface area (Å²) in [5.41, 5.74) is 9.91. The molecule has 0 bridgehead atoms. The van der Waals surface area contributed by atoms with Crippen molar-refractivity contribution in [3.63, 3.8) is 0 Å². The summed E-state index contributed by atoms with van der Waals surface area (Å²) in [6, 6.07) is 56.6. The summed E-state index contributed by atoms with van der Waals surface area (Å²) in [5.74, 6) is 1.12. The van der Waals surface area contributed by atoms with E-state index in [4.69, 9.17) is 8.83 Å². The molecule has 248 valence electrons. The Kier molecular flexibility index (Phi) is 6.83. The van der Waals surface area contributed by atoms with E-state index in [-0.39, 0.29) is 0 Å². The van der Waals surface area contributed by atoms with E-state index in [1.807, 2.05) is 127 Å². The highest BCUT2D eigenvalue weighted by molar-refractivity contribution is 6.00. The number of nitrogens with zero attached hydrogens (tertiary/aromatic N) is 4. The molecule has 0 aliphatic heterocycles. The number of anilines is 3. The number of rotatable bonds is 6. The molecule has 0 unspecified atom stereocenters. The zero-order valence-electron chi connectivity index (χ0n) is 29.2. The van der Waals surface area contributed by atoms with Crippen LogP contribution in [0.3, 0.4) is 0 Å². The molecule has 0 aliphatic rings. The number of aromatic nitrogens is 2. The molecular formula is C47H28N4O2. The SMILES string of the molecule is [2H]c1cc(N(c2ccc(-c3nc4ccccc4o3)cc2)c2ccc(-c3nc4ccccc4o3)cc2)ccc1-c1ccc2cc3ccc(C#N)cc3cc2c1. The first-order valence-electron chi connectivity index (χ1n) is 17.8. The molecule has 0 saturated carbocycles. The molecule has 2 heterocycles. The summed E-state index contributed by atoms with van der Waals surface area (Å²) in [6.07, 6.45) is 0. The number of nitriles is 1. The third kappa shape index (κ3) is 5.54. The van der Waals surface area contributed by atoms with Gasteiger partial charge in [0.1, 0.15) is 11.0 Å². The Morgan fingerprint density at radius 2 is 0.962 bits per heavy atom. The van der Waals surface area contributed by atoms with Gasteiger partial charge < -0.3 is 13.7 Å². The topological polar surface area (TPSA) is 79.1 Å². The summed E-state index contributed by atoms with van der Waals surface area (Å²) in [4.78, 5) is 11.5. The highest BCUT2D eigenvalue weighted by Gasteiger charge is 2.16. The lowest BCUT2D eigenvalue weighted by Crippen LogP contribution is -2.09. The molecule has 0 spiro atoms. The second-order valence-electron chi connectivity index (χ2n) is 13.0. The summed E-state index contributed by atoms with van der Waals surface area (Å²) in [7, 11) is 0. The fourth-order valence-corrected chi connectivity index (χ4v) is 6.91. The number of benzene rings is 8. The molecule has 0 fully saturated rings. The van der Waals surface area contributed by atoms with Gasteiger partial charge in [-0.1, -0.05) is 54.6 Å². The van der Waals surface area contributed by atoms with Crippen LogP contribution in [-0.4, -0.2) is 9.97 Å². The molecule has 2 aromatic heterocycles. The van der Waals surface area contributed by atoms with Crippen LogP contribution in [-0.2, 0) is 0 Å². The molecule has 6 heteroatoms. The molecule has 6 nitrogen and oxygen atoms in total. The van der Waals surface area contributed by atoms with E-state index in [1.54, 1.807) is 0 Å². The van der Waals surface area contributed by atoms with E-state index in [0.29, 0.717) is 23.4 Å². The summed E-state index contributed by atoms with van der Waals surface area (Å²) < 4.78 is 21.4. The molecule has 8 aromatic carbocycles. The smallest absolute Gasteiger partial charge is 0.227 e. The summed E-state index contributed by atoms with van der Waals surface area (Å²) >= 11 is 0. The third-order valence-electron chi connectivity index (χ3n) is 9.62. The van der Waals surface area contributed by atoms with Gasteiger partial charge >= 0.3 is 0 Å². The summed E-state index contributed by atoms with van der Waals surface area (Å²) in [6.45, 7) is 0. The Morgan fingerprint density at radius 3 is 1.53 bits per heavy atom. The van der Waals surface area contributed by atoms with Crippen molar-refractivity contribution in [3.8, 4) is 40.1 Å². The number of oxazole rings is 2. The van der Waals surface area contributed by atoms with Gasteiger partial charge in [-0.2, -0.15) is 5.26 Å². The van der Waals surface area contributed by atoms with Gasteiger partial charge in [-0.25, -0.2) is 9.97 Å². The average Bonchev–Trinajstić information content (AvgIpc) is 3.86. The predicted molar refractivity (Wildman–Crippen MR) is 212 cm³/mol. The molecule has 53 heavy (non-hydrogen) atoms. The van der Waals surface area contributed by atoms with Crippen molar-refractivity contribution in [1.82, 2.24) is 9.97 Å². The second kappa shape index (κ2) is 12.4. The standard InChI is InChI=1S/C47H28N4O2/c48-29-30-9-10-35-26-36-12-11-34(27-38(36)28-37(35)25-30)31-13-19-39(20-14-31)51(40-21-15-32(16-22-40)46-49-42-5-1-3-7-44(42)52-46)41-23-17-33(18-24-41)47-50-43-6-2-4-8-45(43)53-47/h1-28H/i13D. The first-order chi connectivity index (χ1) is 26.6. The van der Waals surface area contributed by atoms with Gasteiger partial charge in [0.2, 0.25) is 11.8 Å². The second-order valence-corrected chi connectivity index (χ2v) is 13.0. The van der Waals surface area contributed by atoms with E-state index < -0.39 is 0 Å². The van der Waals surface area contributed by atoms with Crippen LogP contribution in [0.15, 0.2) is 179 Å². The van der Waals surface area contributed by atoms with Gasteiger partial charge in [-0.3, -0.25) is 0 Å². The largest absolute Gasteiger partial charge is 0.436 e. The zero-order valence-corrected chi connectivity index (χ0v) is 28.2. The van der Waals surface area contributed by atoms with E-state index in [9.17, 15) is 6.63 Å². The van der Waals surface area contributed by atoms with E-state index in [0.717, 1.165) is 83.1 Å². The van der Waals surface area contributed by atoms with Gasteiger partial charge in [0.15, 0.2) is 11.2 Å². The van der Waals surface area contributed by atoms with E-state index in [1.165, 1.54) is 0 Å². The monoisotopic (exact) mass is 681 g/mol. The van der Waals surface area contributed by atoms with E-state index >= 15 is 0 Å². The molecular weight excluding hydrogens is 653 g/mol. The van der Waals surface area contributed by atoms with Crippen molar-refractivity contribution in [2.24, 2.45) is 0 Å². The molecule has 0 N–H and O–H groups in total. The highest BCUT2D eigenvalue weighted by atomic mass is 16.4. The van der Waals surface area contributed by atoms with Gasteiger partial charge in [0, 0.05) is 28.2 Å². The van der Waals surface area contributed by atoms with Crippen LogP contribution < -0.4 is 4.90 Å². The molecule has 10 rings (SSSR count). The van der Waals surface area contributed by atoms with Crippen molar-refractivity contribution in [1.29, 1.82) is 5.26 Å². The van der Waals surface area contributed by atoms with Crippen molar-refractivity contribution in [2.75, 3.05) is 4.90 Å². The van der Waals surface area contributed by atoms with Crippen molar-refractivity contribution in [2.45, 2.75) is 0 Å². The van der Waals surface area contributed by atoms with E-state index in [2.05, 4.69) is 57.3 Å². The normalized spacial score (nSPS) is 11.6. The zero-order chi connectivity index (χ0) is 36.2. The number of para-hydroxylation sites is 4. The lowest BCUT2D eigenvalue weighted by atomic mass is 9.97. The van der Waals surface area contributed by atoms with Crippen LogP contribution in [0, 0.1) is 11.3 Å². The number of hydrogen-bond acceptors (Lipinski definition) is 6. The minimum absolute atomic E-state index is 0.399. The van der Waals surface area contributed by atoms with Crippen molar-refractivity contribution >= 4 is 60.8 Å². The number of fused-ring (bicyclic) bond motifs is 4. The molecule has 0 radical (unpaired) electrons. The molecule has 0 amide bonds. The Morgan fingerprint density at radius 1 is 0.472 bits per heavy atom. The van der Waals surface area contributed by atoms with Crippen LogP contribution in [0.2, 0.25) is 0 Å². The minimum atomic E-state index is 0.399. The van der Waals surface area contributed by atoms with Crippen LogP contribution in [0.25, 0.3) is 77.8 Å². The quantitative estimate of drug-likeness (QED) is 0.163. The van der Waals surface area contributed by atoms with Gasteiger partial charge in [-0.05, 0) is 148 Å². The van der Waals surface area contributed by atoms with Crippen LogP contribution >= 0.6 is 0 Å². The Balaban J connectivity index is 1.03. The first kappa shape index (κ1) is 29.3. The lowest BCUT2D eigenvalue weighted by Gasteiger charge is -2.26. The molecule has 0 aliphatic carbocycles. The maximum atomic E-state index is 9.42. The first-order valence-corrected chi connectivity index (χ1v) is 17.3. The average molecular weight is 682 g/mol. The molecule has 0 saturated heterocycles. The maximum Gasteiger partial charge on any atom is 0.227 e. The number of hydrogen-bond donors (Lipinski definition) is 0. The Labute approximate surface area is 305 Å². The van der Waals surface area contributed by atoms with Crippen LogP contribution in [0.1, 0.15) is 6.93 Å². The molecule has 0 atom stereocenters. The maximum absolute atomic E-state index is 9.42. The van der Waals surface area contributed by atoms with Crippen molar-refractivity contribution < 1.29 is 10.2 Å². The molecule has 10 aromatic rings. The van der Waals surface area contributed by atoms with Crippen molar-refractivity contribution in [3.05, 3.63) is 175 Å². The lowest BCUT2D eigenvalue weighted by molar-refractivity contribution is 0.619. The van der Waals surface area contributed by atoms with Crippen LogP contribution in [0.4, 0.5) is 17.1 Å². The van der Waals surface area contributed by atoms with Gasteiger partial charge in [0.25, 0.3) is 0 Å². The van der Waals surface area contributed by atoms with Gasteiger partial charge in [0.05, 0.1) is 13.0 Å².